The molecule has 5 nitrogen and oxygen atoms in total. The van der Waals surface area contributed by atoms with Crippen molar-refractivity contribution in [1.29, 1.82) is 0 Å². The maximum Gasteiger partial charge on any atom is 0.362 e. The van der Waals surface area contributed by atoms with Gasteiger partial charge in [-0.15, -0.1) is 0 Å². The number of rotatable bonds is 5. The summed E-state index contributed by atoms with van der Waals surface area (Å²) in [6.07, 6.45) is 2.10. The summed E-state index contributed by atoms with van der Waals surface area (Å²) in [5, 5.41) is 0.610. The molecule has 1 atom stereocenters. The summed E-state index contributed by atoms with van der Waals surface area (Å²) >= 11 is 1.12. The third-order valence-corrected chi connectivity index (χ3v) is 4.60. The highest BCUT2D eigenvalue weighted by Crippen LogP contribution is 2.42. The first-order valence-corrected chi connectivity index (χ1v) is 8.03. The number of pyridine rings is 1. The number of thioether (sulfide) groups is 1. The topological polar surface area (TPSA) is 65.5 Å². The molecule has 0 amide bonds. The van der Waals surface area contributed by atoms with Gasteiger partial charge in [0.1, 0.15) is 11.6 Å². The summed E-state index contributed by atoms with van der Waals surface area (Å²) in [4.78, 5) is 26.9. The third-order valence-electron chi connectivity index (χ3n) is 3.37. The molecule has 3 rings (SSSR count). The zero-order valence-electron chi connectivity index (χ0n) is 12.3. The minimum atomic E-state index is -1.35. The van der Waals surface area contributed by atoms with Gasteiger partial charge in [0.2, 0.25) is 0 Å². The molecule has 2 heterocycles. The highest BCUT2D eigenvalue weighted by molar-refractivity contribution is 8.01. The van der Waals surface area contributed by atoms with E-state index in [-0.39, 0.29) is 19.4 Å². The summed E-state index contributed by atoms with van der Waals surface area (Å²) in [6.45, 7) is 0.141. The molecule has 0 radical (unpaired) electrons. The van der Waals surface area contributed by atoms with Gasteiger partial charge >= 0.3 is 11.9 Å². The number of carbonyl (C=O) groups excluding carboxylic acids is 2. The number of nitrogens with zero attached hydrogens (tertiary/aromatic N) is 1. The maximum atomic E-state index is 12.5. The molecule has 0 spiro atoms. The summed E-state index contributed by atoms with van der Waals surface area (Å²) in [5.74, 6) is -0.951. The Kier molecular flexibility index (Phi) is 4.62. The lowest BCUT2D eigenvalue weighted by Crippen LogP contribution is -2.36. The van der Waals surface area contributed by atoms with Gasteiger partial charge in [-0.2, -0.15) is 0 Å². The molecule has 0 saturated carbocycles. The second-order valence-corrected chi connectivity index (χ2v) is 6.34. The van der Waals surface area contributed by atoms with Crippen molar-refractivity contribution in [3.63, 3.8) is 0 Å². The van der Waals surface area contributed by atoms with E-state index in [2.05, 4.69) is 4.98 Å². The van der Waals surface area contributed by atoms with E-state index < -0.39 is 16.9 Å². The fourth-order valence-electron chi connectivity index (χ4n) is 2.22. The van der Waals surface area contributed by atoms with E-state index in [9.17, 15) is 9.59 Å². The molecular weight excluding hydrogens is 314 g/mol. The second kappa shape index (κ2) is 6.83. The van der Waals surface area contributed by atoms with Crippen LogP contribution in [0.1, 0.15) is 18.4 Å². The van der Waals surface area contributed by atoms with Gasteiger partial charge in [-0.25, -0.2) is 9.78 Å². The lowest BCUT2D eigenvalue weighted by Gasteiger charge is -2.24. The van der Waals surface area contributed by atoms with Gasteiger partial charge in [0.25, 0.3) is 4.93 Å². The molecular formula is C17H15NO4S. The standard InChI is InChI=1S/C17H15NO4S/c19-15-9-10-17(22-15,23-14-8-4-5-11-18-14)16(20)21-12-13-6-2-1-3-7-13/h1-8,11H,9-10,12H2. The van der Waals surface area contributed by atoms with Crippen molar-refractivity contribution in [3.05, 3.63) is 60.3 Å². The predicted molar refractivity (Wildman–Crippen MR) is 84.4 cm³/mol. The Morgan fingerprint density at radius 3 is 2.65 bits per heavy atom. The molecule has 0 aliphatic carbocycles. The minimum Gasteiger partial charge on any atom is -0.457 e. The number of benzene rings is 1. The molecule has 1 aromatic heterocycles. The van der Waals surface area contributed by atoms with Gasteiger partial charge in [0.15, 0.2) is 0 Å². The largest absolute Gasteiger partial charge is 0.457 e. The van der Waals surface area contributed by atoms with E-state index in [4.69, 9.17) is 9.47 Å². The monoisotopic (exact) mass is 329 g/mol. The first-order chi connectivity index (χ1) is 11.2. The fraction of sp³-hybridized carbons (Fsp3) is 0.235. The summed E-state index contributed by atoms with van der Waals surface area (Å²) in [7, 11) is 0. The molecule has 2 aromatic rings. The first kappa shape index (κ1) is 15.6. The van der Waals surface area contributed by atoms with Crippen molar-refractivity contribution in [2.24, 2.45) is 0 Å². The molecule has 1 aromatic carbocycles. The summed E-state index contributed by atoms with van der Waals surface area (Å²) in [6, 6.07) is 14.7. The van der Waals surface area contributed by atoms with Crippen molar-refractivity contribution in [2.45, 2.75) is 29.4 Å². The van der Waals surface area contributed by atoms with Crippen molar-refractivity contribution in [3.8, 4) is 0 Å². The molecule has 1 saturated heterocycles. The Morgan fingerprint density at radius 2 is 2.00 bits per heavy atom. The van der Waals surface area contributed by atoms with Crippen LogP contribution in [0.4, 0.5) is 0 Å². The van der Waals surface area contributed by atoms with E-state index in [1.807, 2.05) is 36.4 Å². The molecule has 1 fully saturated rings. The molecule has 118 valence electrons. The molecule has 6 heteroatoms. The van der Waals surface area contributed by atoms with Crippen molar-refractivity contribution < 1.29 is 19.1 Å². The molecule has 1 aliphatic rings. The highest BCUT2D eigenvalue weighted by atomic mass is 32.2. The van der Waals surface area contributed by atoms with Crippen LogP contribution in [-0.2, 0) is 25.7 Å². The van der Waals surface area contributed by atoms with Gasteiger partial charge < -0.3 is 9.47 Å². The van der Waals surface area contributed by atoms with E-state index in [1.165, 1.54) is 0 Å². The average molecular weight is 329 g/mol. The van der Waals surface area contributed by atoms with Crippen molar-refractivity contribution in [2.75, 3.05) is 0 Å². The smallest absolute Gasteiger partial charge is 0.362 e. The maximum absolute atomic E-state index is 12.5. The third kappa shape index (κ3) is 3.71. The van der Waals surface area contributed by atoms with Crippen LogP contribution < -0.4 is 0 Å². The van der Waals surface area contributed by atoms with Crippen LogP contribution in [0, 0.1) is 0 Å². The van der Waals surface area contributed by atoms with Gasteiger partial charge in [-0.1, -0.05) is 36.4 Å². The number of aromatic nitrogens is 1. The summed E-state index contributed by atoms with van der Waals surface area (Å²) < 4.78 is 10.7. The van der Waals surface area contributed by atoms with E-state index in [0.717, 1.165) is 17.3 Å². The number of hydrogen-bond acceptors (Lipinski definition) is 6. The van der Waals surface area contributed by atoms with Gasteiger partial charge in [0, 0.05) is 12.6 Å². The van der Waals surface area contributed by atoms with E-state index >= 15 is 0 Å². The van der Waals surface area contributed by atoms with Gasteiger partial charge in [0.05, 0.1) is 6.42 Å². The fourth-order valence-corrected chi connectivity index (χ4v) is 3.30. The van der Waals surface area contributed by atoms with Crippen LogP contribution in [0.15, 0.2) is 59.8 Å². The predicted octanol–water partition coefficient (Wildman–Crippen LogP) is 2.95. The Hall–Kier alpha value is -2.34. The molecule has 0 bridgehead atoms. The number of hydrogen-bond donors (Lipinski definition) is 0. The van der Waals surface area contributed by atoms with Crippen LogP contribution in [0.25, 0.3) is 0 Å². The average Bonchev–Trinajstić information content (AvgIpc) is 2.96. The molecule has 1 aliphatic heterocycles. The van der Waals surface area contributed by atoms with Gasteiger partial charge in [-0.05, 0) is 29.5 Å². The SMILES string of the molecule is O=C1CCC(Sc2ccccn2)(C(=O)OCc2ccccc2)O1. The van der Waals surface area contributed by atoms with Crippen molar-refractivity contribution >= 4 is 23.7 Å². The Balaban J connectivity index is 1.73. The van der Waals surface area contributed by atoms with Crippen LogP contribution in [0.5, 0.6) is 0 Å². The lowest BCUT2D eigenvalue weighted by atomic mass is 10.2. The highest BCUT2D eigenvalue weighted by Gasteiger charge is 2.50. The minimum absolute atomic E-state index is 0.141. The number of esters is 2. The Bertz CT molecular complexity index is 692. The first-order valence-electron chi connectivity index (χ1n) is 7.21. The normalized spacial score (nSPS) is 20.1. The van der Waals surface area contributed by atoms with Gasteiger partial charge in [-0.3, -0.25) is 4.79 Å². The molecule has 23 heavy (non-hydrogen) atoms. The number of cyclic esters (lactones) is 1. The van der Waals surface area contributed by atoms with E-state index in [0.29, 0.717) is 5.03 Å². The van der Waals surface area contributed by atoms with Crippen LogP contribution in [0.3, 0.4) is 0 Å². The van der Waals surface area contributed by atoms with E-state index in [1.54, 1.807) is 18.3 Å². The Labute approximate surface area is 138 Å². The number of carbonyl (C=O) groups is 2. The molecule has 0 N–H and O–H groups in total. The second-order valence-electron chi connectivity index (χ2n) is 5.06. The zero-order chi connectivity index (χ0) is 16.1. The Morgan fingerprint density at radius 1 is 1.22 bits per heavy atom. The van der Waals surface area contributed by atoms with Crippen LogP contribution in [-0.4, -0.2) is 21.9 Å². The zero-order valence-corrected chi connectivity index (χ0v) is 13.1. The van der Waals surface area contributed by atoms with Crippen LogP contribution in [0.2, 0.25) is 0 Å². The quantitative estimate of drug-likeness (QED) is 0.786. The molecule has 1 unspecified atom stereocenters. The van der Waals surface area contributed by atoms with Crippen molar-refractivity contribution in [1.82, 2.24) is 4.98 Å². The lowest BCUT2D eigenvalue weighted by molar-refractivity contribution is -0.165. The number of ether oxygens (including phenoxy) is 2. The summed E-state index contributed by atoms with van der Waals surface area (Å²) in [5.41, 5.74) is 0.878. The van der Waals surface area contributed by atoms with Crippen LogP contribution >= 0.6 is 11.8 Å².